The number of aromatic nitrogens is 2. The van der Waals surface area contributed by atoms with Crippen molar-refractivity contribution in [3.63, 3.8) is 0 Å². The number of carbonyl (C=O) groups excluding carboxylic acids is 1. The van der Waals surface area contributed by atoms with Gasteiger partial charge in [0.1, 0.15) is 16.4 Å². The second-order valence-electron chi connectivity index (χ2n) is 6.37. The third kappa shape index (κ3) is 3.57. The van der Waals surface area contributed by atoms with Crippen LogP contribution in [0.5, 0.6) is 5.75 Å². The van der Waals surface area contributed by atoms with Gasteiger partial charge in [0.15, 0.2) is 0 Å². The van der Waals surface area contributed by atoms with E-state index in [9.17, 15) is 9.18 Å². The number of hydrogen-bond acceptors (Lipinski definition) is 6. The average Bonchev–Trinajstić information content (AvgIpc) is 3.37. The van der Waals surface area contributed by atoms with Gasteiger partial charge in [-0.3, -0.25) is 4.79 Å². The summed E-state index contributed by atoms with van der Waals surface area (Å²) < 4.78 is 23.8. The summed E-state index contributed by atoms with van der Waals surface area (Å²) in [4.78, 5) is 19.7. The van der Waals surface area contributed by atoms with Crippen molar-refractivity contribution in [3.8, 4) is 17.1 Å². The summed E-state index contributed by atoms with van der Waals surface area (Å²) >= 11 is 1.38. The molecule has 1 atom stereocenters. The van der Waals surface area contributed by atoms with Gasteiger partial charge in [-0.25, -0.2) is 4.39 Å². The number of nitrogens with zero attached hydrogens (tertiary/aromatic N) is 3. The summed E-state index contributed by atoms with van der Waals surface area (Å²) in [5.74, 6) is 1.16. The molecular weight excluding hydrogens is 369 g/mol. The van der Waals surface area contributed by atoms with Gasteiger partial charge in [0.2, 0.25) is 11.7 Å². The Bertz CT molecular complexity index is 938. The zero-order valence-corrected chi connectivity index (χ0v) is 15.5. The number of benzene rings is 1. The SMILES string of the molecule is COc1ccsc1C(=O)N1CCCC(c2nc(-c3ccc(F)cc3)no2)C1. The molecule has 0 aliphatic carbocycles. The molecule has 1 amide bonds. The molecule has 3 heterocycles. The Morgan fingerprint density at radius 1 is 1.33 bits per heavy atom. The molecule has 4 rings (SSSR count). The van der Waals surface area contributed by atoms with Crippen LogP contribution in [0.4, 0.5) is 4.39 Å². The first kappa shape index (κ1) is 17.7. The number of likely N-dealkylation sites (tertiary alicyclic amines) is 1. The topological polar surface area (TPSA) is 68.5 Å². The van der Waals surface area contributed by atoms with Crippen LogP contribution in [0.25, 0.3) is 11.4 Å². The predicted molar refractivity (Wildman–Crippen MR) is 98.4 cm³/mol. The molecule has 27 heavy (non-hydrogen) atoms. The molecular formula is C19H18FN3O3S. The van der Waals surface area contributed by atoms with Gasteiger partial charge >= 0.3 is 0 Å². The van der Waals surface area contributed by atoms with Crippen LogP contribution in [0.3, 0.4) is 0 Å². The molecule has 1 aromatic carbocycles. The molecule has 1 saturated heterocycles. The van der Waals surface area contributed by atoms with Crippen LogP contribution in [0.1, 0.15) is 34.3 Å². The lowest BCUT2D eigenvalue weighted by Crippen LogP contribution is -2.39. The number of amides is 1. The number of methoxy groups -OCH3 is 1. The van der Waals surface area contributed by atoms with Gasteiger partial charge in [0.25, 0.3) is 5.91 Å². The van der Waals surface area contributed by atoms with Crippen molar-refractivity contribution < 1.29 is 18.4 Å². The van der Waals surface area contributed by atoms with Crippen LogP contribution >= 0.6 is 11.3 Å². The van der Waals surface area contributed by atoms with E-state index in [-0.39, 0.29) is 17.6 Å². The maximum Gasteiger partial charge on any atom is 0.267 e. The van der Waals surface area contributed by atoms with Crippen LogP contribution in [0, 0.1) is 5.82 Å². The van der Waals surface area contributed by atoms with E-state index in [2.05, 4.69) is 10.1 Å². The first-order chi connectivity index (χ1) is 13.2. The number of thiophene rings is 1. The van der Waals surface area contributed by atoms with Crippen molar-refractivity contribution >= 4 is 17.2 Å². The van der Waals surface area contributed by atoms with Crippen molar-refractivity contribution in [2.24, 2.45) is 0 Å². The van der Waals surface area contributed by atoms with Gasteiger partial charge in [0, 0.05) is 18.7 Å². The molecule has 2 aromatic heterocycles. The van der Waals surface area contributed by atoms with E-state index in [4.69, 9.17) is 9.26 Å². The number of rotatable bonds is 4. The van der Waals surface area contributed by atoms with E-state index in [1.54, 1.807) is 25.3 Å². The molecule has 1 unspecified atom stereocenters. The summed E-state index contributed by atoms with van der Waals surface area (Å²) in [6, 6.07) is 7.75. The largest absolute Gasteiger partial charge is 0.495 e. The van der Waals surface area contributed by atoms with Crippen molar-refractivity contribution in [2.75, 3.05) is 20.2 Å². The van der Waals surface area contributed by atoms with Crippen LogP contribution in [0.15, 0.2) is 40.2 Å². The van der Waals surface area contributed by atoms with E-state index in [1.807, 2.05) is 10.3 Å². The fourth-order valence-electron chi connectivity index (χ4n) is 3.24. The Hall–Kier alpha value is -2.74. The molecule has 0 bridgehead atoms. The molecule has 0 N–H and O–H groups in total. The zero-order valence-electron chi connectivity index (χ0n) is 14.7. The Balaban J connectivity index is 1.50. The lowest BCUT2D eigenvalue weighted by atomic mass is 9.97. The van der Waals surface area contributed by atoms with E-state index in [1.165, 1.54) is 23.5 Å². The first-order valence-electron chi connectivity index (χ1n) is 8.66. The van der Waals surface area contributed by atoms with Gasteiger partial charge in [-0.1, -0.05) is 5.16 Å². The minimum atomic E-state index is -0.312. The highest BCUT2D eigenvalue weighted by Crippen LogP contribution is 2.31. The lowest BCUT2D eigenvalue weighted by Gasteiger charge is -2.30. The molecule has 6 nitrogen and oxygen atoms in total. The quantitative estimate of drug-likeness (QED) is 0.678. The summed E-state index contributed by atoms with van der Waals surface area (Å²) in [6.07, 6.45) is 1.73. The highest BCUT2D eigenvalue weighted by molar-refractivity contribution is 7.12. The van der Waals surface area contributed by atoms with Crippen molar-refractivity contribution in [2.45, 2.75) is 18.8 Å². The summed E-state index contributed by atoms with van der Waals surface area (Å²) in [5, 5.41) is 5.86. The monoisotopic (exact) mass is 387 g/mol. The molecule has 0 spiro atoms. The number of ether oxygens (including phenoxy) is 1. The van der Waals surface area contributed by atoms with Gasteiger partial charge in [-0.2, -0.15) is 4.98 Å². The second-order valence-corrected chi connectivity index (χ2v) is 7.29. The fraction of sp³-hybridized carbons (Fsp3) is 0.316. The standard InChI is InChI=1S/C19H18FN3O3S/c1-25-15-8-10-27-16(15)19(24)23-9-2-3-13(11-23)18-21-17(22-26-18)12-4-6-14(20)7-5-12/h4-8,10,13H,2-3,9,11H2,1H3. The van der Waals surface area contributed by atoms with Crippen LogP contribution in [-0.2, 0) is 0 Å². The Kier molecular flexibility index (Phi) is 4.89. The van der Waals surface area contributed by atoms with Crippen LogP contribution in [0.2, 0.25) is 0 Å². The Morgan fingerprint density at radius 2 is 2.15 bits per heavy atom. The van der Waals surface area contributed by atoms with Gasteiger partial charge in [-0.15, -0.1) is 11.3 Å². The third-order valence-corrected chi connectivity index (χ3v) is 5.53. The molecule has 140 valence electrons. The molecule has 1 aliphatic rings. The molecule has 1 aliphatic heterocycles. The molecule has 0 radical (unpaired) electrons. The maximum atomic E-state index is 13.1. The number of hydrogen-bond donors (Lipinski definition) is 0. The summed E-state index contributed by atoms with van der Waals surface area (Å²) in [5.41, 5.74) is 0.693. The normalized spacial score (nSPS) is 17.1. The Morgan fingerprint density at radius 3 is 2.93 bits per heavy atom. The molecule has 3 aromatic rings. The minimum Gasteiger partial charge on any atom is -0.495 e. The van der Waals surface area contributed by atoms with Gasteiger partial charge < -0.3 is 14.2 Å². The highest BCUT2D eigenvalue weighted by Gasteiger charge is 2.30. The second kappa shape index (κ2) is 7.48. The van der Waals surface area contributed by atoms with E-state index in [0.717, 1.165) is 12.8 Å². The molecule has 0 saturated carbocycles. The van der Waals surface area contributed by atoms with E-state index < -0.39 is 0 Å². The van der Waals surface area contributed by atoms with Gasteiger partial charge in [0.05, 0.1) is 13.0 Å². The lowest BCUT2D eigenvalue weighted by molar-refractivity contribution is 0.0697. The van der Waals surface area contributed by atoms with E-state index >= 15 is 0 Å². The maximum absolute atomic E-state index is 13.1. The Labute approximate surface area is 159 Å². The third-order valence-electron chi connectivity index (χ3n) is 4.65. The smallest absolute Gasteiger partial charge is 0.267 e. The van der Waals surface area contributed by atoms with Crippen molar-refractivity contribution in [1.29, 1.82) is 0 Å². The zero-order chi connectivity index (χ0) is 18.8. The molecule has 8 heteroatoms. The number of piperidine rings is 1. The van der Waals surface area contributed by atoms with Crippen molar-refractivity contribution in [3.05, 3.63) is 52.3 Å². The molecule has 1 fully saturated rings. The number of carbonyl (C=O) groups is 1. The van der Waals surface area contributed by atoms with Crippen molar-refractivity contribution in [1.82, 2.24) is 15.0 Å². The number of halogens is 1. The first-order valence-corrected chi connectivity index (χ1v) is 9.54. The predicted octanol–water partition coefficient (Wildman–Crippen LogP) is 3.97. The minimum absolute atomic E-state index is 0.0182. The van der Waals surface area contributed by atoms with Crippen LogP contribution < -0.4 is 4.74 Å². The fourth-order valence-corrected chi connectivity index (χ4v) is 4.06. The van der Waals surface area contributed by atoms with E-state index in [0.29, 0.717) is 41.0 Å². The van der Waals surface area contributed by atoms with Crippen LogP contribution in [-0.4, -0.2) is 41.1 Å². The summed E-state index contributed by atoms with van der Waals surface area (Å²) in [7, 11) is 1.56. The highest BCUT2D eigenvalue weighted by atomic mass is 32.1. The summed E-state index contributed by atoms with van der Waals surface area (Å²) in [6.45, 7) is 1.21. The van der Waals surface area contributed by atoms with Gasteiger partial charge in [-0.05, 0) is 48.6 Å². The average molecular weight is 387 g/mol.